The predicted molar refractivity (Wildman–Crippen MR) is 101 cm³/mol. The molecule has 0 unspecified atom stereocenters. The van der Waals surface area contributed by atoms with Crippen molar-refractivity contribution >= 4 is 19.1 Å². The summed E-state index contributed by atoms with van der Waals surface area (Å²) in [4.78, 5) is 11.3. The van der Waals surface area contributed by atoms with Gasteiger partial charge in [0.2, 0.25) is 5.95 Å². The van der Waals surface area contributed by atoms with Crippen molar-refractivity contribution in [3.63, 3.8) is 0 Å². The average Bonchev–Trinajstić information content (AvgIpc) is 3.14. The summed E-state index contributed by atoms with van der Waals surface area (Å²) in [6, 6.07) is 0. The number of hydrogen-bond acceptors (Lipinski definition) is 6. The van der Waals surface area contributed by atoms with Crippen molar-refractivity contribution in [3.8, 4) is 0 Å². The summed E-state index contributed by atoms with van der Waals surface area (Å²) < 4.78 is 12.4. The zero-order valence-corrected chi connectivity index (χ0v) is 16.0. The van der Waals surface area contributed by atoms with E-state index in [1.165, 1.54) is 12.8 Å². The van der Waals surface area contributed by atoms with Crippen molar-refractivity contribution in [1.82, 2.24) is 15.3 Å². The zero-order valence-electron chi connectivity index (χ0n) is 16.0. The molecule has 2 saturated heterocycles. The van der Waals surface area contributed by atoms with Crippen molar-refractivity contribution in [3.05, 3.63) is 23.4 Å². The summed E-state index contributed by atoms with van der Waals surface area (Å²) in [7, 11) is 1.56. The molecule has 0 amide bonds. The van der Waals surface area contributed by atoms with Gasteiger partial charge in [-0.15, -0.1) is 0 Å². The van der Waals surface area contributed by atoms with Crippen LogP contribution in [0.4, 0.5) is 5.95 Å². The first-order valence-electron chi connectivity index (χ1n) is 9.10. The summed E-state index contributed by atoms with van der Waals surface area (Å²) in [5, 5.41) is 3.20. The molecule has 1 aromatic rings. The van der Waals surface area contributed by atoms with E-state index in [1.807, 2.05) is 19.4 Å². The minimum absolute atomic E-state index is 0.347. The third kappa shape index (κ3) is 3.88. The summed E-state index contributed by atoms with van der Waals surface area (Å²) >= 11 is 0. The van der Waals surface area contributed by atoms with Crippen molar-refractivity contribution in [1.29, 1.82) is 0 Å². The third-order valence-electron chi connectivity index (χ3n) is 5.34. The number of aromatic nitrogens is 2. The Morgan fingerprint density at radius 3 is 2.24 bits per heavy atom. The summed E-state index contributed by atoms with van der Waals surface area (Å²) in [6.07, 6.45) is 8.26. The topological polar surface area (TPSA) is 59.5 Å². The molecule has 0 atom stereocenters. The van der Waals surface area contributed by atoms with Crippen LogP contribution in [0.2, 0.25) is 0 Å². The molecular formula is C18H29BN4O2. The zero-order chi connectivity index (χ0) is 18.1. The Hall–Kier alpha value is -1.44. The molecule has 0 bridgehead atoms. The lowest BCUT2D eigenvalue weighted by atomic mass is 9.77. The van der Waals surface area contributed by atoms with Crippen LogP contribution < -0.4 is 10.2 Å². The van der Waals surface area contributed by atoms with Crippen LogP contribution in [0.15, 0.2) is 17.9 Å². The molecule has 2 fully saturated rings. The van der Waals surface area contributed by atoms with Gasteiger partial charge in [0.25, 0.3) is 0 Å². The Morgan fingerprint density at radius 2 is 1.72 bits per heavy atom. The van der Waals surface area contributed by atoms with E-state index < -0.39 is 0 Å². The number of rotatable bonds is 5. The van der Waals surface area contributed by atoms with Crippen LogP contribution >= 0.6 is 0 Å². The standard InChI is InChI=1S/C18H29BN4O2/c1-17(2)18(3,4)25-19(24-17)15(13-20-5)10-14-11-21-16(22-12-14)23-8-6-7-9-23/h10-12,20H,6-9,13H2,1-5H3. The molecule has 3 rings (SSSR count). The van der Waals surface area contributed by atoms with Gasteiger partial charge in [-0.2, -0.15) is 0 Å². The van der Waals surface area contributed by atoms with Crippen molar-refractivity contribution in [2.45, 2.75) is 51.7 Å². The Morgan fingerprint density at radius 1 is 1.16 bits per heavy atom. The van der Waals surface area contributed by atoms with E-state index in [-0.39, 0.29) is 18.3 Å². The Kier molecular flexibility index (Phi) is 5.18. The highest BCUT2D eigenvalue weighted by Gasteiger charge is 2.52. The van der Waals surface area contributed by atoms with Crippen LogP contribution in [-0.4, -0.2) is 55.0 Å². The van der Waals surface area contributed by atoms with Gasteiger partial charge in [0, 0.05) is 37.6 Å². The molecule has 3 heterocycles. The molecule has 0 aromatic carbocycles. The molecule has 25 heavy (non-hydrogen) atoms. The average molecular weight is 344 g/mol. The third-order valence-corrected chi connectivity index (χ3v) is 5.34. The minimum atomic E-state index is -0.365. The van der Waals surface area contributed by atoms with Crippen LogP contribution in [0, 0.1) is 0 Å². The molecule has 0 radical (unpaired) electrons. The molecule has 0 saturated carbocycles. The first-order valence-corrected chi connectivity index (χ1v) is 9.10. The van der Waals surface area contributed by atoms with Crippen molar-refractivity contribution in [2.24, 2.45) is 0 Å². The number of hydrogen-bond donors (Lipinski definition) is 1. The number of anilines is 1. The monoisotopic (exact) mass is 344 g/mol. The minimum Gasteiger partial charge on any atom is -0.400 e. The largest absolute Gasteiger partial charge is 0.491 e. The molecule has 0 spiro atoms. The van der Waals surface area contributed by atoms with Gasteiger partial charge in [0.15, 0.2) is 0 Å². The second-order valence-electron chi connectivity index (χ2n) is 7.85. The molecule has 7 heteroatoms. The number of nitrogens with zero attached hydrogens (tertiary/aromatic N) is 3. The normalized spacial score (nSPS) is 22.7. The van der Waals surface area contributed by atoms with Gasteiger partial charge in [-0.3, -0.25) is 0 Å². The number of likely N-dealkylation sites (N-methyl/N-ethyl adjacent to an activating group) is 1. The van der Waals surface area contributed by atoms with E-state index >= 15 is 0 Å². The molecular weight excluding hydrogens is 315 g/mol. The van der Waals surface area contributed by atoms with E-state index in [4.69, 9.17) is 9.31 Å². The predicted octanol–water partition coefficient (Wildman–Crippen LogP) is 2.31. The highest BCUT2D eigenvalue weighted by molar-refractivity contribution is 6.55. The summed E-state index contributed by atoms with van der Waals surface area (Å²) in [5.74, 6) is 0.820. The summed E-state index contributed by atoms with van der Waals surface area (Å²) in [5.41, 5.74) is 1.31. The van der Waals surface area contributed by atoms with Gasteiger partial charge in [-0.05, 0) is 53.1 Å². The van der Waals surface area contributed by atoms with E-state index in [0.29, 0.717) is 6.54 Å². The van der Waals surface area contributed by atoms with E-state index in [0.717, 1.165) is 30.1 Å². The molecule has 0 aliphatic carbocycles. The van der Waals surface area contributed by atoms with Crippen LogP contribution in [0.3, 0.4) is 0 Å². The molecule has 2 aliphatic rings. The second kappa shape index (κ2) is 7.06. The van der Waals surface area contributed by atoms with Crippen LogP contribution in [0.5, 0.6) is 0 Å². The SMILES string of the molecule is CNCC(=Cc1cnc(N2CCCC2)nc1)B1OC(C)(C)C(C)(C)O1. The van der Waals surface area contributed by atoms with Crippen LogP contribution in [0.25, 0.3) is 6.08 Å². The van der Waals surface area contributed by atoms with Gasteiger partial charge in [-0.1, -0.05) is 6.08 Å². The molecule has 2 aliphatic heterocycles. The maximum atomic E-state index is 6.18. The first-order chi connectivity index (χ1) is 11.8. The lowest BCUT2D eigenvalue weighted by molar-refractivity contribution is 0.00578. The maximum absolute atomic E-state index is 6.18. The maximum Gasteiger partial charge on any atom is 0.491 e. The molecule has 6 nitrogen and oxygen atoms in total. The molecule has 1 N–H and O–H groups in total. The Balaban J connectivity index is 1.78. The Labute approximate surface area is 151 Å². The molecule has 1 aromatic heterocycles. The lowest BCUT2D eigenvalue weighted by Crippen LogP contribution is -2.41. The van der Waals surface area contributed by atoms with E-state index in [9.17, 15) is 0 Å². The Bertz CT molecular complexity index is 608. The fourth-order valence-electron chi connectivity index (χ4n) is 3.10. The first kappa shape index (κ1) is 18.4. The highest BCUT2D eigenvalue weighted by atomic mass is 16.7. The fraction of sp³-hybridized carbons (Fsp3) is 0.667. The van der Waals surface area contributed by atoms with Crippen molar-refractivity contribution in [2.75, 3.05) is 31.6 Å². The van der Waals surface area contributed by atoms with Crippen LogP contribution in [0.1, 0.15) is 46.1 Å². The van der Waals surface area contributed by atoms with E-state index in [2.05, 4.69) is 54.0 Å². The van der Waals surface area contributed by atoms with Crippen molar-refractivity contribution < 1.29 is 9.31 Å². The highest BCUT2D eigenvalue weighted by Crippen LogP contribution is 2.38. The van der Waals surface area contributed by atoms with Gasteiger partial charge in [-0.25, -0.2) is 9.97 Å². The fourth-order valence-corrected chi connectivity index (χ4v) is 3.10. The second-order valence-corrected chi connectivity index (χ2v) is 7.85. The lowest BCUT2D eigenvalue weighted by Gasteiger charge is -2.32. The number of nitrogens with one attached hydrogen (secondary N) is 1. The van der Waals surface area contributed by atoms with Gasteiger partial charge in [0.1, 0.15) is 0 Å². The quantitative estimate of drug-likeness (QED) is 0.828. The van der Waals surface area contributed by atoms with Gasteiger partial charge < -0.3 is 19.5 Å². The van der Waals surface area contributed by atoms with E-state index in [1.54, 1.807) is 0 Å². The molecule has 136 valence electrons. The van der Waals surface area contributed by atoms with Gasteiger partial charge in [0.05, 0.1) is 11.2 Å². The van der Waals surface area contributed by atoms with Gasteiger partial charge >= 0.3 is 7.12 Å². The summed E-state index contributed by atoms with van der Waals surface area (Å²) in [6.45, 7) is 11.1. The van der Waals surface area contributed by atoms with Crippen LogP contribution in [-0.2, 0) is 9.31 Å². The smallest absolute Gasteiger partial charge is 0.400 e.